The lowest BCUT2D eigenvalue weighted by Crippen LogP contribution is -2.00. The predicted octanol–water partition coefficient (Wildman–Crippen LogP) is 4.26. The molecule has 0 heterocycles. The third-order valence-corrected chi connectivity index (χ3v) is 2.87. The highest BCUT2D eigenvalue weighted by molar-refractivity contribution is 5.96. The lowest BCUT2D eigenvalue weighted by Gasteiger charge is -2.04. The van der Waals surface area contributed by atoms with E-state index < -0.39 is 0 Å². The van der Waals surface area contributed by atoms with Crippen LogP contribution in [0.4, 0.5) is 0 Å². The first-order valence-electron chi connectivity index (χ1n) is 6.25. The summed E-state index contributed by atoms with van der Waals surface area (Å²) < 4.78 is 0. The number of carbonyl (C=O) groups excluding carboxylic acids is 1. The molecule has 88 valence electrons. The number of carbonyl (C=O) groups is 1. The maximum atomic E-state index is 11.8. The van der Waals surface area contributed by atoms with Crippen molar-refractivity contribution in [3.63, 3.8) is 0 Å². The Bertz CT molecular complexity index is 322. The first-order chi connectivity index (χ1) is 7.63. The van der Waals surface area contributed by atoms with Gasteiger partial charge < -0.3 is 0 Å². The topological polar surface area (TPSA) is 17.1 Å². The van der Waals surface area contributed by atoms with Crippen LogP contribution in [-0.4, -0.2) is 5.78 Å². The Hall–Kier alpha value is -1.11. The van der Waals surface area contributed by atoms with Crippen molar-refractivity contribution >= 4 is 5.78 Å². The van der Waals surface area contributed by atoms with Gasteiger partial charge in [-0.3, -0.25) is 4.79 Å². The molecule has 0 unspecified atom stereocenters. The van der Waals surface area contributed by atoms with Crippen LogP contribution in [0.1, 0.15) is 56.0 Å². The number of aryl methyl sites for hydroxylation is 1. The van der Waals surface area contributed by atoms with Gasteiger partial charge in [0.1, 0.15) is 0 Å². The number of rotatable bonds is 6. The van der Waals surface area contributed by atoms with E-state index in [0.717, 1.165) is 24.8 Å². The summed E-state index contributed by atoms with van der Waals surface area (Å²) in [5.41, 5.74) is 2.15. The minimum absolute atomic E-state index is 0.281. The zero-order valence-corrected chi connectivity index (χ0v) is 10.6. The Balaban J connectivity index is 2.46. The van der Waals surface area contributed by atoms with Gasteiger partial charge in [-0.15, -0.1) is 0 Å². The summed E-state index contributed by atoms with van der Waals surface area (Å²) in [5.74, 6) is 0.971. The summed E-state index contributed by atoms with van der Waals surface area (Å²) in [7, 11) is 0. The van der Waals surface area contributed by atoms with Crippen LogP contribution in [0.2, 0.25) is 0 Å². The van der Waals surface area contributed by atoms with Crippen molar-refractivity contribution in [1.29, 1.82) is 0 Å². The fourth-order valence-corrected chi connectivity index (χ4v) is 1.74. The van der Waals surface area contributed by atoms with Crippen LogP contribution in [0, 0.1) is 5.92 Å². The minimum atomic E-state index is 0.281. The normalized spacial score (nSPS) is 10.8. The average molecular weight is 218 g/mol. The molecular weight excluding hydrogens is 196 g/mol. The number of hydrogen-bond donors (Lipinski definition) is 0. The number of benzene rings is 1. The van der Waals surface area contributed by atoms with E-state index in [4.69, 9.17) is 0 Å². The molecule has 0 amide bonds. The van der Waals surface area contributed by atoms with Gasteiger partial charge in [-0.25, -0.2) is 0 Å². The van der Waals surface area contributed by atoms with E-state index in [2.05, 4.69) is 32.9 Å². The summed E-state index contributed by atoms with van der Waals surface area (Å²) >= 11 is 0. The molecule has 0 bridgehead atoms. The maximum absolute atomic E-state index is 11.8. The van der Waals surface area contributed by atoms with E-state index in [1.54, 1.807) is 0 Å². The molecule has 0 radical (unpaired) electrons. The molecule has 0 saturated carbocycles. The molecule has 1 nitrogen and oxygen atoms in total. The van der Waals surface area contributed by atoms with Gasteiger partial charge in [0.25, 0.3) is 0 Å². The molecule has 0 N–H and O–H groups in total. The molecule has 16 heavy (non-hydrogen) atoms. The lowest BCUT2D eigenvalue weighted by atomic mass is 10.0. The van der Waals surface area contributed by atoms with Gasteiger partial charge in [0.15, 0.2) is 5.78 Å². The molecule has 1 aromatic carbocycles. The van der Waals surface area contributed by atoms with Gasteiger partial charge in [0.05, 0.1) is 0 Å². The van der Waals surface area contributed by atoms with E-state index in [1.807, 2.05) is 12.1 Å². The third kappa shape index (κ3) is 4.18. The van der Waals surface area contributed by atoms with Gasteiger partial charge in [-0.05, 0) is 24.3 Å². The lowest BCUT2D eigenvalue weighted by molar-refractivity contribution is 0.0978. The highest BCUT2D eigenvalue weighted by Crippen LogP contribution is 2.12. The second kappa shape index (κ2) is 6.47. The molecule has 1 aromatic rings. The van der Waals surface area contributed by atoms with Gasteiger partial charge in [-0.1, -0.05) is 51.5 Å². The van der Waals surface area contributed by atoms with E-state index in [9.17, 15) is 4.79 Å². The van der Waals surface area contributed by atoms with Crippen molar-refractivity contribution in [3.8, 4) is 0 Å². The fraction of sp³-hybridized carbons (Fsp3) is 0.533. The standard InChI is InChI=1S/C15H22O/c1-4-13-8-10-14(11-9-13)15(16)7-5-6-12(2)3/h8-12H,4-7H2,1-3H3. The smallest absolute Gasteiger partial charge is 0.162 e. The van der Waals surface area contributed by atoms with Crippen molar-refractivity contribution in [2.75, 3.05) is 0 Å². The van der Waals surface area contributed by atoms with Gasteiger partial charge in [0.2, 0.25) is 0 Å². The Morgan fingerprint density at radius 1 is 1.19 bits per heavy atom. The minimum Gasteiger partial charge on any atom is -0.294 e. The van der Waals surface area contributed by atoms with Crippen molar-refractivity contribution in [2.24, 2.45) is 5.92 Å². The molecule has 1 rings (SSSR count). The van der Waals surface area contributed by atoms with Crippen molar-refractivity contribution in [2.45, 2.75) is 46.5 Å². The van der Waals surface area contributed by atoms with Crippen LogP contribution in [-0.2, 0) is 6.42 Å². The molecule has 0 fully saturated rings. The van der Waals surface area contributed by atoms with E-state index >= 15 is 0 Å². The van der Waals surface area contributed by atoms with Crippen LogP contribution >= 0.6 is 0 Å². The maximum Gasteiger partial charge on any atom is 0.162 e. The van der Waals surface area contributed by atoms with Crippen LogP contribution < -0.4 is 0 Å². The Morgan fingerprint density at radius 2 is 1.81 bits per heavy atom. The monoisotopic (exact) mass is 218 g/mol. The fourth-order valence-electron chi connectivity index (χ4n) is 1.74. The largest absolute Gasteiger partial charge is 0.294 e. The summed E-state index contributed by atoms with van der Waals surface area (Å²) in [5, 5.41) is 0. The molecule has 0 aliphatic carbocycles. The molecule has 0 spiro atoms. The molecular formula is C15H22O. The van der Waals surface area contributed by atoms with Gasteiger partial charge in [-0.2, -0.15) is 0 Å². The van der Waals surface area contributed by atoms with Crippen LogP contribution in [0.25, 0.3) is 0 Å². The quantitative estimate of drug-likeness (QED) is 0.652. The molecule has 0 aliphatic rings. The SMILES string of the molecule is CCc1ccc(C(=O)CCCC(C)C)cc1. The molecule has 0 aromatic heterocycles. The van der Waals surface area contributed by atoms with Crippen LogP contribution in [0.3, 0.4) is 0 Å². The predicted molar refractivity (Wildman–Crippen MR) is 68.8 cm³/mol. The highest BCUT2D eigenvalue weighted by Gasteiger charge is 2.05. The average Bonchev–Trinajstić information content (AvgIpc) is 2.28. The van der Waals surface area contributed by atoms with E-state index in [1.165, 1.54) is 5.56 Å². The zero-order chi connectivity index (χ0) is 12.0. The second-order valence-corrected chi connectivity index (χ2v) is 4.76. The summed E-state index contributed by atoms with van der Waals surface area (Å²) in [4.78, 5) is 11.8. The summed E-state index contributed by atoms with van der Waals surface area (Å²) in [6.07, 6.45) is 3.86. The summed E-state index contributed by atoms with van der Waals surface area (Å²) in [6.45, 7) is 6.51. The molecule has 0 saturated heterocycles. The second-order valence-electron chi connectivity index (χ2n) is 4.76. The first-order valence-corrected chi connectivity index (χ1v) is 6.25. The zero-order valence-electron chi connectivity index (χ0n) is 10.6. The van der Waals surface area contributed by atoms with E-state index in [-0.39, 0.29) is 5.78 Å². The van der Waals surface area contributed by atoms with Gasteiger partial charge >= 0.3 is 0 Å². The summed E-state index contributed by atoms with van der Waals surface area (Å²) in [6, 6.07) is 8.01. The van der Waals surface area contributed by atoms with Crippen molar-refractivity contribution in [1.82, 2.24) is 0 Å². The Morgan fingerprint density at radius 3 is 2.31 bits per heavy atom. The molecule has 1 heteroatoms. The number of ketones is 1. The number of hydrogen-bond acceptors (Lipinski definition) is 1. The Labute approximate surface area is 98.9 Å². The third-order valence-electron chi connectivity index (χ3n) is 2.87. The van der Waals surface area contributed by atoms with Gasteiger partial charge in [0, 0.05) is 12.0 Å². The Kier molecular flexibility index (Phi) is 5.24. The van der Waals surface area contributed by atoms with Crippen molar-refractivity contribution < 1.29 is 4.79 Å². The molecule has 0 aliphatic heterocycles. The van der Waals surface area contributed by atoms with Crippen molar-refractivity contribution in [3.05, 3.63) is 35.4 Å². The molecule has 0 atom stereocenters. The number of Topliss-reactive ketones (excluding diaryl/α,β-unsaturated/α-hetero) is 1. The highest BCUT2D eigenvalue weighted by atomic mass is 16.1. The van der Waals surface area contributed by atoms with Crippen LogP contribution in [0.5, 0.6) is 0 Å². The first kappa shape index (κ1) is 13.0. The van der Waals surface area contributed by atoms with Crippen LogP contribution in [0.15, 0.2) is 24.3 Å². The van der Waals surface area contributed by atoms with E-state index in [0.29, 0.717) is 12.3 Å².